The van der Waals surface area contributed by atoms with Gasteiger partial charge < -0.3 is 24.8 Å². The zero-order valence-corrected chi connectivity index (χ0v) is 21.0. The van der Waals surface area contributed by atoms with E-state index < -0.39 is 5.60 Å². The van der Waals surface area contributed by atoms with Crippen LogP contribution in [0.5, 0.6) is 11.5 Å². The van der Waals surface area contributed by atoms with Crippen LogP contribution in [0.15, 0.2) is 54.6 Å². The maximum atomic E-state index is 13.3. The van der Waals surface area contributed by atoms with Crippen molar-refractivity contribution in [3.05, 3.63) is 60.2 Å². The first kappa shape index (κ1) is 25.7. The van der Waals surface area contributed by atoms with Gasteiger partial charge in [0.25, 0.3) is 0 Å². The molecule has 2 aromatic carbocycles. The van der Waals surface area contributed by atoms with E-state index in [4.69, 9.17) is 9.47 Å². The van der Waals surface area contributed by atoms with E-state index in [2.05, 4.69) is 5.32 Å². The maximum absolute atomic E-state index is 13.3. The Bertz CT molecular complexity index is 931. The molecule has 4 rings (SSSR count). The summed E-state index contributed by atoms with van der Waals surface area (Å²) in [6.07, 6.45) is 5.91. The fraction of sp³-hybridized carbons (Fsp3) is 0.552. The summed E-state index contributed by atoms with van der Waals surface area (Å²) in [4.78, 5) is 15.4. The lowest BCUT2D eigenvalue weighted by atomic mass is 9.73. The lowest BCUT2D eigenvalue weighted by molar-refractivity contribution is -0.142. The predicted molar refractivity (Wildman–Crippen MR) is 137 cm³/mol. The number of amides is 1. The number of rotatable bonds is 10. The smallest absolute Gasteiger partial charge is 0.225 e. The average molecular weight is 481 g/mol. The van der Waals surface area contributed by atoms with E-state index in [1.807, 2.05) is 59.5 Å². The van der Waals surface area contributed by atoms with E-state index in [1.165, 1.54) is 0 Å². The largest absolute Gasteiger partial charge is 0.457 e. The quantitative estimate of drug-likeness (QED) is 0.482. The van der Waals surface area contributed by atoms with Crippen molar-refractivity contribution in [2.75, 3.05) is 39.9 Å². The fourth-order valence-electron chi connectivity index (χ4n) is 5.62. The molecule has 0 aromatic heterocycles. The third-order valence-electron chi connectivity index (χ3n) is 7.58. The standard InChI is InChI=1S/C29H40N2O4/c1-34-21-8-7-17-29(33,26-13-5-6-14-27(26)35-25-11-3-2-4-12-25)24-10-9-20-31(22-24)28(32)23-15-18-30-19-16-23/h2-6,11-14,23-24,30,33H,7-10,15-22H2,1H3/t24-,29+/m1/s1. The van der Waals surface area contributed by atoms with Gasteiger partial charge in [-0.15, -0.1) is 0 Å². The van der Waals surface area contributed by atoms with Crippen LogP contribution in [0.3, 0.4) is 0 Å². The van der Waals surface area contributed by atoms with Crippen molar-refractivity contribution in [2.24, 2.45) is 11.8 Å². The van der Waals surface area contributed by atoms with Crippen LogP contribution >= 0.6 is 0 Å². The van der Waals surface area contributed by atoms with Gasteiger partial charge in [-0.25, -0.2) is 0 Å². The summed E-state index contributed by atoms with van der Waals surface area (Å²) in [7, 11) is 1.71. The van der Waals surface area contributed by atoms with Gasteiger partial charge in [-0.2, -0.15) is 0 Å². The van der Waals surface area contributed by atoms with Crippen LogP contribution in [0.25, 0.3) is 0 Å². The zero-order valence-electron chi connectivity index (χ0n) is 21.0. The number of carbonyl (C=O) groups is 1. The van der Waals surface area contributed by atoms with Crippen LogP contribution in [-0.4, -0.2) is 55.8 Å². The van der Waals surface area contributed by atoms with Crippen molar-refractivity contribution in [3.63, 3.8) is 0 Å². The third kappa shape index (κ3) is 6.43. The van der Waals surface area contributed by atoms with E-state index in [0.29, 0.717) is 25.3 Å². The van der Waals surface area contributed by atoms with Crippen LogP contribution in [0, 0.1) is 11.8 Å². The molecule has 6 heteroatoms. The second-order valence-electron chi connectivity index (χ2n) is 9.93. The first-order valence-corrected chi connectivity index (χ1v) is 13.1. The first-order valence-electron chi connectivity index (χ1n) is 13.1. The molecule has 35 heavy (non-hydrogen) atoms. The number of piperidine rings is 2. The number of benzene rings is 2. The summed E-state index contributed by atoms with van der Waals surface area (Å²) < 4.78 is 11.5. The average Bonchev–Trinajstić information content (AvgIpc) is 2.92. The molecule has 2 fully saturated rings. The number of likely N-dealkylation sites (tertiary alicyclic amines) is 1. The highest BCUT2D eigenvalue weighted by molar-refractivity contribution is 5.79. The van der Waals surface area contributed by atoms with Crippen molar-refractivity contribution in [3.8, 4) is 11.5 Å². The van der Waals surface area contributed by atoms with E-state index in [9.17, 15) is 9.90 Å². The number of nitrogens with zero attached hydrogens (tertiary/aromatic N) is 1. The van der Waals surface area contributed by atoms with E-state index in [-0.39, 0.29) is 17.7 Å². The molecule has 2 atom stereocenters. The van der Waals surface area contributed by atoms with Gasteiger partial charge in [0.2, 0.25) is 5.91 Å². The number of aliphatic hydroxyl groups is 1. The van der Waals surface area contributed by atoms with Crippen molar-refractivity contribution in [1.29, 1.82) is 0 Å². The Balaban J connectivity index is 1.59. The summed E-state index contributed by atoms with van der Waals surface area (Å²) in [5.41, 5.74) is -0.283. The number of nitrogens with one attached hydrogen (secondary N) is 1. The normalized spacial score (nSPS) is 20.9. The van der Waals surface area contributed by atoms with Crippen molar-refractivity contribution in [2.45, 2.75) is 50.5 Å². The molecular formula is C29H40N2O4. The molecule has 0 aliphatic carbocycles. The Labute approximate surface area is 209 Å². The van der Waals surface area contributed by atoms with Gasteiger partial charge >= 0.3 is 0 Å². The number of hydrogen-bond acceptors (Lipinski definition) is 5. The molecule has 2 aliphatic heterocycles. The van der Waals surface area contributed by atoms with E-state index >= 15 is 0 Å². The van der Waals surface area contributed by atoms with Crippen LogP contribution in [0.4, 0.5) is 0 Å². The number of carbonyl (C=O) groups excluding carboxylic acids is 1. The Morgan fingerprint density at radius 2 is 1.80 bits per heavy atom. The SMILES string of the molecule is COCCCC[C@@](O)(c1ccccc1Oc1ccccc1)[C@@H]1CCCN(C(=O)C2CCNCC2)C1. The molecule has 0 spiro atoms. The molecule has 2 saturated heterocycles. The minimum Gasteiger partial charge on any atom is -0.457 e. The molecule has 6 nitrogen and oxygen atoms in total. The summed E-state index contributed by atoms with van der Waals surface area (Å²) in [6, 6.07) is 17.5. The minimum atomic E-state index is -1.09. The first-order chi connectivity index (χ1) is 17.1. The van der Waals surface area contributed by atoms with Gasteiger partial charge in [-0.3, -0.25) is 4.79 Å². The molecule has 0 radical (unpaired) electrons. The maximum Gasteiger partial charge on any atom is 0.225 e. The van der Waals surface area contributed by atoms with Crippen molar-refractivity contribution >= 4 is 5.91 Å². The Kier molecular flexibility index (Phi) is 9.18. The van der Waals surface area contributed by atoms with E-state index in [0.717, 1.165) is 69.5 Å². The minimum absolute atomic E-state index is 0.0509. The van der Waals surface area contributed by atoms with Crippen LogP contribution < -0.4 is 10.1 Å². The highest BCUT2D eigenvalue weighted by atomic mass is 16.5. The molecule has 190 valence electrons. The van der Waals surface area contributed by atoms with Crippen molar-refractivity contribution < 1.29 is 19.4 Å². The summed E-state index contributed by atoms with van der Waals surface area (Å²) in [5, 5.41) is 15.8. The Hall–Kier alpha value is -2.41. The van der Waals surface area contributed by atoms with E-state index in [1.54, 1.807) is 7.11 Å². The Morgan fingerprint density at radius 3 is 2.57 bits per heavy atom. The number of methoxy groups -OCH3 is 1. The monoisotopic (exact) mass is 480 g/mol. The molecule has 2 aliphatic rings. The number of unbranched alkanes of at least 4 members (excludes halogenated alkanes) is 1. The topological polar surface area (TPSA) is 71.0 Å². The lowest BCUT2D eigenvalue weighted by Gasteiger charge is -2.44. The summed E-state index contributed by atoms with van der Waals surface area (Å²) in [5.74, 6) is 1.72. The second kappa shape index (κ2) is 12.5. The van der Waals surface area contributed by atoms with Crippen LogP contribution in [-0.2, 0) is 15.1 Å². The highest BCUT2D eigenvalue weighted by Gasteiger charge is 2.43. The molecule has 0 unspecified atom stereocenters. The molecule has 0 saturated carbocycles. The molecule has 1 amide bonds. The van der Waals surface area contributed by atoms with Gasteiger partial charge in [0, 0.05) is 44.2 Å². The third-order valence-corrected chi connectivity index (χ3v) is 7.58. The van der Waals surface area contributed by atoms with Gasteiger partial charge in [-0.05, 0) is 76.2 Å². The number of para-hydroxylation sites is 2. The molecule has 2 heterocycles. The zero-order chi connectivity index (χ0) is 24.5. The van der Waals surface area contributed by atoms with Crippen molar-refractivity contribution in [1.82, 2.24) is 10.2 Å². The Morgan fingerprint density at radius 1 is 1.06 bits per heavy atom. The van der Waals surface area contributed by atoms with Gasteiger partial charge in [0.1, 0.15) is 11.5 Å². The summed E-state index contributed by atoms with van der Waals surface area (Å²) in [6.45, 7) is 3.84. The summed E-state index contributed by atoms with van der Waals surface area (Å²) >= 11 is 0. The number of hydrogen-bond donors (Lipinski definition) is 2. The van der Waals surface area contributed by atoms with Gasteiger partial charge in [0.05, 0.1) is 5.60 Å². The van der Waals surface area contributed by atoms with Crippen LogP contribution in [0.1, 0.15) is 50.5 Å². The molecule has 2 aromatic rings. The molecule has 2 N–H and O–H groups in total. The highest BCUT2D eigenvalue weighted by Crippen LogP contribution is 2.44. The molecule has 0 bridgehead atoms. The van der Waals surface area contributed by atoms with Gasteiger partial charge in [-0.1, -0.05) is 36.4 Å². The fourth-order valence-corrected chi connectivity index (χ4v) is 5.62. The van der Waals surface area contributed by atoms with Gasteiger partial charge in [0.15, 0.2) is 0 Å². The predicted octanol–water partition coefficient (Wildman–Crippen LogP) is 4.72. The van der Waals surface area contributed by atoms with Crippen LogP contribution in [0.2, 0.25) is 0 Å². The lowest BCUT2D eigenvalue weighted by Crippen LogP contribution is -2.50. The number of ether oxygens (including phenoxy) is 2. The molecular weight excluding hydrogens is 440 g/mol. The second-order valence-corrected chi connectivity index (χ2v) is 9.93.